The summed E-state index contributed by atoms with van der Waals surface area (Å²) in [7, 11) is 0. The summed E-state index contributed by atoms with van der Waals surface area (Å²) in [6, 6.07) is 43.1. The zero-order valence-electron chi connectivity index (χ0n) is 28.0. The summed E-state index contributed by atoms with van der Waals surface area (Å²) in [4.78, 5) is 4.82. The van der Waals surface area contributed by atoms with E-state index < -0.39 is 0 Å². The van der Waals surface area contributed by atoms with Crippen molar-refractivity contribution in [2.45, 2.75) is 65.3 Å². The van der Waals surface area contributed by atoms with E-state index in [1.165, 1.54) is 28.7 Å². The van der Waals surface area contributed by atoms with Gasteiger partial charge in [-0.05, 0) is 34.1 Å². The van der Waals surface area contributed by atoms with Crippen molar-refractivity contribution in [3.8, 4) is 0 Å². The molecule has 0 spiro atoms. The Bertz CT molecular complexity index is 1240. The summed E-state index contributed by atoms with van der Waals surface area (Å²) >= 11 is 0. The zero-order chi connectivity index (χ0) is 32.0. The minimum atomic E-state index is -0.167. The average molecular weight is 607 g/mol. The number of aliphatic hydroxyl groups excluding tert-OH is 1. The van der Waals surface area contributed by atoms with Gasteiger partial charge < -0.3 is 9.84 Å². The van der Waals surface area contributed by atoms with Crippen molar-refractivity contribution in [1.82, 2.24) is 9.80 Å². The fourth-order valence-electron chi connectivity index (χ4n) is 5.58. The summed E-state index contributed by atoms with van der Waals surface area (Å²) < 4.78 is 5.95. The maximum Gasteiger partial charge on any atom is 0.0829 e. The van der Waals surface area contributed by atoms with Crippen molar-refractivity contribution >= 4 is 0 Å². The molecule has 6 rings (SSSR count). The van der Waals surface area contributed by atoms with Gasteiger partial charge in [-0.25, -0.2) is 0 Å². The largest absolute Gasteiger partial charge is 0.390 e. The number of benzene rings is 4. The van der Waals surface area contributed by atoms with E-state index in [0.29, 0.717) is 18.1 Å². The van der Waals surface area contributed by atoms with Gasteiger partial charge in [-0.15, -0.1) is 0 Å². The second kappa shape index (κ2) is 18.0. The molecule has 45 heavy (non-hydrogen) atoms. The molecule has 2 saturated heterocycles. The molecule has 0 aromatic heterocycles. The quantitative estimate of drug-likeness (QED) is 0.196. The number of hydrogen-bond acceptors (Lipinski definition) is 4. The first-order valence-corrected chi connectivity index (χ1v) is 16.8. The molecular weight excluding hydrogens is 552 g/mol. The van der Waals surface area contributed by atoms with Crippen LogP contribution in [0.15, 0.2) is 121 Å². The molecule has 0 atom stereocenters. The van der Waals surface area contributed by atoms with Gasteiger partial charge in [-0.3, -0.25) is 9.80 Å². The normalized spacial score (nSPS) is 15.7. The lowest BCUT2D eigenvalue weighted by Gasteiger charge is -2.44. The molecule has 2 heterocycles. The Kier molecular flexibility index (Phi) is 13.8. The van der Waals surface area contributed by atoms with Crippen LogP contribution in [-0.4, -0.2) is 59.9 Å². The lowest BCUT2D eigenvalue weighted by Crippen LogP contribution is -2.53. The first kappa shape index (κ1) is 34.6. The van der Waals surface area contributed by atoms with Crippen LogP contribution in [0.1, 0.15) is 75.4 Å². The Balaban J connectivity index is 0.000000181. The van der Waals surface area contributed by atoms with E-state index in [2.05, 4.69) is 154 Å². The Labute approximate surface area is 272 Å². The molecule has 0 aliphatic carbocycles. The van der Waals surface area contributed by atoms with E-state index in [9.17, 15) is 5.11 Å². The van der Waals surface area contributed by atoms with Crippen LogP contribution < -0.4 is 0 Å². The molecule has 2 aliphatic rings. The van der Waals surface area contributed by atoms with Gasteiger partial charge in [0, 0.05) is 32.8 Å². The third-order valence-corrected chi connectivity index (χ3v) is 8.44. The summed E-state index contributed by atoms with van der Waals surface area (Å²) in [5.41, 5.74) is 5.29. The number of nitrogens with zero attached hydrogens (tertiary/aromatic N) is 2. The highest BCUT2D eigenvalue weighted by Gasteiger charge is 2.35. The molecule has 0 saturated carbocycles. The van der Waals surface area contributed by atoms with Crippen molar-refractivity contribution < 1.29 is 9.84 Å². The second-order valence-electron chi connectivity index (χ2n) is 13.2. The minimum absolute atomic E-state index is 0.167. The standard InChI is InChI=1S/C20H25NO.C16H17NO.C5H12/c1-16(2)15-22-19-13-21(14-19)20(17-9-5-3-6-10-17)18-11-7-4-8-12-18;18-15-11-17(12-15)16(13-7-3-1-4-8-13)14-9-5-2-6-10-14;1-4-5(2)3/h3-12,16,19-20H,13-15H2,1-2H3;1-10,15-16,18H,11-12H2;5H,4H2,1-3H3. The van der Waals surface area contributed by atoms with E-state index in [-0.39, 0.29) is 12.1 Å². The molecule has 2 aliphatic heterocycles. The molecule has 2 fully saturated rings. The van der Waals surface area contributed by atoms with Crippen LogP contribution in [0, 0.1) is 11.8 Å². The summed E-state index contributed by atoms with van der Waals surface area (Å²) in [6.45, 7) is 15.5. The number of ether oxygens (including phenoxy) is 1. The molecule has 4 nitrogen and oxygen atoms in total. The molecule has 4 aromatic carbocycles. The summed E-state index contributed by atoms with van der Waals surface area (Å²) in [6.07, 6.45) is 1.53. The van der Waals surface area contributed by atoms with Crippen LogP contribution in [0.3, 0.4) is 0 Å². The summed E-state index contributed by atoms with van der Waals surface area (Å²) in [5, 5.41) is 9.52. The van der Waals surface area contributed by atoms with Gasteiger partial charge >= 0.3 is 0 Å². The van der Waals surface area contributed by atoms with E-state index in [1.54, 1.807) is 0 Å². The Morgan fingerprint density at radius 2 is 0.867 bits per heavy atom. The Morgan fingerprint density at radius 1 is 0.556 bits per heavy atom. The third kappa shape index (κ3) is 10.6. The van der Waals surface area contributed by atoms with Crippen LogP contribution in [0.2, 0.25) is 0 Å². The molecular formula is C41H54N2O2. The minimum Gasteiger partial charge on any atom is -0.390 e. The van der Waals surface area contributed by atoms with E-state index in [4.69, 9.17) is 4.74 Å². The van der Waals surface area contributed by atoms with Crippen LogP contribution in [0.5, 0.6) is 0 Å². The van der Waals surface area contributed by atoms with Crippen LogP contribution in [0.25, 0.3) is 0 Å². The van der Waals surface area contributed by atoms with Gasteiger partial charge in [0.2, 0.25) is 0 Å². The predicted octanol–water partition coefficient (Wildman–Crippen LogP) is 8.64. The molecule has 0 radical (unpaired) electrons. The third-order valence-electron chi connectivity index (χ3n) is 8.44. The highest BCUT2D eigenvalue weighted by molar-refractivity contribution is 5.33. The molecule has 0 amide bonds. The van der Waals surface area contributed by atoms with Gasteiger partial charge in [-0.1, -0.05) is 162 Å². The van der Waals surface area contributed by atoms with Gasteiger partial charge in [0.1, 0.15) is 0 Å². The Morgan fingerprint density at radius 3 is 1.13 bits per heavy atom. The monoisotopic (exact) mass is 606 g/mol. The van der Waals surface area contributed by atoms with Crippen molar-refractivity contribution in [3.05, 3.63) is 144 Å². The predicted molar refractivity (Wildman–Crippen MR) is 188 cm³/mol. The molecule has 0 unspecified atom stereocenters. The molecule has 0 bridgehead atoms. The number of likely N-dealkylation sites (tertiary alicyclic amines) is 2. The van der Waals surface area contributed by atoms with Crippen molar-refractivity contribution in [2.24, 2.45) is 11.8 Å². The van der Waals surface area contributed by atoms with E-state index >= 15 is 0 Å². The first-order valence-electron chi connectivity index (χ1n) is 16.8. The second-order valence-corrected chi connectivity index (χ2v) is 13.2. The highest BCUT2D eigenvalue weighted by Crippen LogP contribution is 2.33. The fraction of sp³-hybridized carbons (Fsp3) is 0.415. The zero-order valence-corrected chi connectivity index (χ0v) is 28.0. The lowest BCUT2D eigenvalue weighted by molar-refractivity contribution is -0.0738. The topological polar surface area (TPSA) is 35.9 Å². The van der Waals surface area contributed by atoms with Gasteiger partial charge in [0.15, 0.2) is 0 Å². The maximum atomic E-state index is 9.52. The SMILES string of the molecule is CC(C)COC1CN(C(c2ccccc2)c2ccccc2)C1.CCC(C)C.OC1CN(C(c2ccccc2)c2ccccc2)C1. The number of aliphatic hydroxyl groups is 1. The maximum absolute atomic E-state index is 9.52. The summed E-state index contributed by atoms with van der Waals surface area (Å²) in [5.74, 6) is 1.49. The van der Waals surface area contributed by atoms with E-state index in [1.807, 2.05) is 12.1 Å². The van der Waals surface area contributed by atoms with Crippen molar-refractivity contribution in [3.63, 3.8) is 0 Å². The molecule has 4 aromatic rings. The number of β-amino-alcohol motifs (C(OH)–C–C–N with tert-alkyl or cyclic N) is 1. The average Bonchev–Trinajstić information content (AvgIpc) is 3.04. The van der Waals surface area contributed by atoms with Crippen molar-refractivity contribution in [2.75, 3.05) is 32.8 Å². The molecule has 240 valence electrons. The highest BCUT2D eigenvalue weighted by atomic mass is 16.5. The van der Waals surface area contributed by atoms with Gasteiger partial charge in [-0.2, -0.15) is 0 Å². The smallest absolute Gasteiger partial charge is 0.0829 e. The van der Waals surface area contributed by atoms with E-state index in [0.717, 1.165) is 38.7 Å². The molecule has 1 N–H and O–H groups in total. The lowest BCUT2D eigenvalue weighted by atomic mass is 9.94. The van der Waals surface area contributed by atoms with Crippen molar-refractivity contribution in [1.29, 1.82) is 0 Å². The first-order chi connectivity index (χ1) is 21.9. The van der Waals surface area contributed by atoms with Gasteiger partial charge in [0.25, 0.3) is 0 Å². The number of rotatable bonds is 10. The van der Waals surface area contributed by atoms with Crippen LogP contribution >= 0.6 is 0 Å². The van der Waals surface area contributed by atoms with Crippen LogP contribution in [0.4, 0.5) is 0 Å². The fourth-order valence-corrected chi connectivity index (χ4v) is 5.58. The number of hydrogen-bond donors (Lipinski definition) is 1. The Hall–Kier alpha value is -3.28. The van der Waals surface area contributed by atoms with Crippen LogP contribution in [-0.2, 0) is 4.74 Å². The molecule has 4 heteroatoms. The van der Waals surface area contributed by atoms with Gasteiger partial charge in [0.05, 0.1) is 24.3 Å².